The summed E-state index contributed by atoms with van der Waals surface area (Å²) in [5.74, 6) is 0.395. The number of Topliss-reactive ketones (excluding diaryl/α,β-unsaturated/α-hetero) is 1. The lowest BCUT2D eigenvalue weighted by Crippen LogP contribution is -2.17. The Balaban J connectivity index is 1.66. The third-order valence-electron chi connectivity index (χ3n) is 5.18. The van der Waals surface area contributed by atoms with Crippen LogP contribution in [0.5, 0.6) is 0 Å². The first kappa shape index (κ1) is 20.5. The molecule has 0 saturated heterocycles. The van der Waals surface area contributed by atoms with Crippen molar-refractivity contribution in [3.63, 3.8) is 0 Å². The van der Waals surface area contributed by atoms with Crippen LogP contribution in [0.4, 0.5) is 0 Å². The van der Waals surface area contributed by atoms with E-state index < -0.39 is 9.84 Å². The highest BCUT2D eigenvalue weighted by Crippen LogP contribution is 2.27. The molecule has 0 spiro atoms. The summed E-state index contributed by atoms with van der Waals surface area (Å²) in [4.78, 5) is 17.3. The Bertz CT molecular complexity index is 1030. The third kappa shape index (κ3) is 4.76. The van der Waals surface area contributed by atoms with Gasteiger partial charge in [0.2, 0.25) is 0 Å². The van der Waals surface area contributed by atoms with Crippen molar-refractivity contribution < 1.29 is 13.2 Å². The summed E-state index contributed by atoms with van der Waals surface area (Å²) in [5, 5.41) is 1.72. The molecule has 0 aliphatic rings. The molecule has 0 saturated carbocycles. The van der Waals surface area contributed by atoms with Crippen molar-refractivity contribution in [2.45, 2.75) is 51.2 Å². The lowest BCUT2D eigenvalue weighted by molar-refractivity contribution is -0.118. The smallest absolute Gasteiger partial charge is 0.152 e. The Labute approximate surface area is 166 Å². The number of sulfone groups is 1. The van der Waals surface area contributed by atoms with Gasteiger partial charge in [-0.15, -0.1) is 0 Å². The fourth-order valence-electron chi connectivity index (χ4n) is 3.44. The molecule has 0 aliphatic carbocycles. The third-order valence-corrected chi connectivity index (χ3v) is 7.47. The molecular formula is C23H27NO3S. The molecule has 4 nitrogen and oxygen atoms in total. The molecule has 3 aromatic rings. The lowest BCUT2D eigenvalue weighted by atomic mass is 9.96. The van der Waals surface area contributed by atoms with Gasteiger partial charge in [0.25, 0.3) is 0 Å². The molecule has 2 aromatic carbocycles. The average molecular weight is 398 g/mol. The monoisotopic (exact) mass is 397 g/mol. The van der Waals surface area contributed by atoms with Crippen LogP contribution < -0.4 is 0 Å². The van der Waals surface area contributed by atoms with E-state index in [0.717, 1.165) is 40.2 Å². The van der Waals surface area contributed by atoms with Crippen molar-refractivity contribution in [2.24, 2.45) is 0 Å². The van der Waals surface area contributed by atoms with Gasteiger partial charge in [-0.05, 0) is 44.4 Å². The molecule has 0 unspecified atom stereocenters. The van der Waals surface area contributed by atoms with Crippen LogP contribution >= 0.6 is 0 Å². The molecule has 5 heteroatoms. The van der Waals surface area contributed by atoms with Gasteiger partial charge in [0.05, 0.1) is 22.0 Å². The van der Waals surface area contributed by atoms with Gasteiger partial charge in [0.1, 0.15) is 5.78 Å². The predicted molar refractivity (Wildman–Crippen MR) is 115 cm³/mol. The number of para-hydroxylation sites is 2. The minimum Gasteiger partial charge on any atom is -0.299 e. The van der Waals surface area contributed by atoms with E-state index >= 15 is 0 Å². The first-order valence-electron chi connectivity index (χ1n) is 9.88. The molecule has 148 valence electrons. The molecule has 0 atom stereocenters. The van der Waals surface area contributed by atoms with Gasteiger partial charge in [-0.25, -0.2) is 13.4 Å². The normalized spacial score (nSPS) is 12.1. The quantitative estimate of drug-likeness (QED) is 0.381. The van der Waals surface area contributed by atoms with Gasteiger partial charge >= 0.3 is 0 Å². The van der Waals surface area contributed by atoms with E-state index in [4.69, 9.17) is 4.98 Å². The number of nitrogens with zero attached hydrogens (tertiary/aromatic N) is 1. The van der Waals surface area contributed by atoms with E-state index in [1.165, 1.54) is 0 Å². The highest BCUT2D eigenvalue weighted by molar-refractivity contribution is 7.91. The SMILES string of the molecule is CC(C)S(=O)(=O)CCCCCC(=O)Cc1c2ccccc2nc2ccccc12. The van der Waals surface area contributed by atoms with Gasteiger partial charge in [0, 0.05) is 23.6 Å². The van der Waals surface area contributed by atoms with Crippen LogP contribution in [0.25, 0.3) is 21.8 Å². The summed E-state index contributed by atoms with van der Waals surface area (Å²) in [5.41, 5.74) is 2.85. The first-order valence-corrected chi connectivity index (χ1v) is 11.6. The second-order valence-electron chi connectivity index (χ2n) is 7.57. The number of ketones is 1. The maximum atomic E-state index is 12.6. The van der Waals surface area contributed by atoms with E-state index in [-0.39, 0.29) is 16.8 Å². The highest BCUT2D eigenvalue weighted by Gasteiger charge is 2.16. The number of rotatable bonds is 9. The zero-order valence-corrected chi connectivity index (χ0v) is 17.3. The molecule has 0 fully saturated rings. The summed E-state index contributed by atoms with van der Waals surface area (Å²) >= 11 is 0. The van der Waals surface area contributed by atoms with Gasteiger partial charge in [-0.3, -0.25) is 4.79 Å². The molecule has 1 heterocycles. The zero-order valence-electron chi connectivity index (χ0n) is 16.5. The van der Waals surface area contributed by atoms with Crippen LogP contribution in [0.15, 0.2) is 48.5 Å². The topological polar surface area (TPSA) is 64.1 Å². The van der Waals surface area contributed by atoms with E-state index in [2.05, 4.69) is 0 Å². The maximum absolute atomic E-state index is 12.6. The summed E-state index contributed by atoms with van der Waals surface area (Å²) < 4.78 is 23.7. The number of carbonyl (C=O) groups excluding carboxylic acids is 1. The van der Waals surface area contributed by atoms with Gasteiger partial charge < -0.3 is 0 Å². The predicted octanol–water partition coefficient (Wildman–Crippen LogP) is 4.88. The number of benzene rings is 2. The summed E-state index contributed by atoms with van der Waals surface area (Å²) in [6, 6.07) is 15.9. The number of unbranched alkanes of at least 4 members (excludes halogenated alkanes) is 2. The van der Waals surface area contributed by atoms with Crippen LogP contribution in [0.3, 0.4) is 0 Å². The fraction of sp³-hybridized carbons (Fsp3) is 0.391. The van der Waals surface area contributed by atoms with Gasteiger partial charge in [0.15, 0.2) is 9.84 Å². The minimum atomic E-state index is -2.99. The summed E-state index contributed by atoms with van der Waals surface area (Å²) in [7, 11) is -2.99. The summed E-state index contributed by atoms with van der Waals surface area (Å²) in [6.07, 6.45) is 2.97. The van der Waals surface area contributed by atoms with Crippen molar-refractivity contribution >= 4 is 37.4 Å². The number of hydrogen-bond acceptors (Lipinski definition) is 4. The van der Waals surface area contributed by atoms with Crippen LogP contribution in [0, 0.1) is 0 Å². The van der Waals surface area contributed by atoms with E-state index in [1.807, 2.05) is 48.5 Å². The molecule has 0 aliphatic heterocycles. The molecular weight excluding hydrogens is 370 g/mol. The highest BCUT2D eigenvalue weighted by atomic mass is 32.2. The molecule has 0 N–H and O–H groups in total. The number of fused-ring (bicyclic) bond motifs is 2. The Morgan fingerprint density at radius 1 is 0.893 bits per heavy atom. The molecule has 0 radical (unpaired) electrons. The van der Waals surface area contributed by atoms with Crippen molar-refractivity contribution in [3.05, 3.63) is 54.1 Å². The minimum absolute atomic E-state index is 0.188. The van der Waals surface area contributed by atoms with E-state index in [1.54, 1.807) is 13.8 Å². The lowest BCUT2D eigenvalue weighted by Gasteiger charge is -2.10. The standard InChI is InChI=1S/C23H27NO3S/c1-17(2)28(26,27)15-9-3-4-10-18(25)16-21-19-11-5-7-13-22(19)24-23-14-8-6-12-20(21)23/h5-8,11-14,17H,3-4,9-10,15-16H2,1-2H3. The van der Waals surface area contributed by atoms with Crippen molar-refractivity contribution in [1.82, 2.24) is 4.98 Å². The van der Waals surface area contributed by atoms with Crippen LogP contribution in [-0.4, -0.2) is 30.2 Å². The van der Waals surface area contributed by atoms with Crippen LogP contribution in [0.1, 0.15) is 45.1 Å². The van der Waals surface area contributed by atoms with Gasteiger partial charge in [-0.2, -0.15) is 0 Å². The number of pyridine rings is 1. The Hall–Kier alpha value is -2.27. The van der Waals surface area contributed by atoms with E-state index in [9.17, 15) is 13.2 Å². The second-order valence-corrected chi connectivity index (χ2v) is 10.2. The Morgan fingerprint density at radius 2 is 1.46 bits per heavy atom. The van der Waals surface area contributed by atoms with Crippen molar-refractivity contribution in [3.8, 4) is 0 Å². The van der Waals surface area contributed by atoms with Crippen molar-refractivity contribution in [2.75, 3.05) is 5.75 Å². The van der Waals surface area contributed by atoms with Crippen LogP contribution in [0.2, 0.25) is 0 Å². The largest absolute Gasteiger partial charge is 0.299 e. The number of carbonyl (C=O) groups is 1. The number of hydrogen-bond donors (Lipinski definition) is 0. The molecule has 3 rings (SSSR count). The average Bonchev–Trinajstić information content (AvgIpc) is 2.67. The molecule has 28 heavy (non-hydrogen) atoms. The molecule has 1 aromatic heterocycles. The molecule has 0 amide bonds. The zero-order chi connectivity index (χ0) is 20.1. The first-order chi connectivity index (χ1) is 13.4. The summed E-state index contributed by atoms with van der Waals surface area (Å²) in [6.45, 7) is 3.42. The number of aromatic nitrogens is 1. The Kier molecular flexibility index (Phi) is 6.45. The van der Waals surface area contributed by atoms with E-state index in [0.29, 0.717) is 19.3 Å². The van der Waals surface area contributed by atoms with Crippen molar-refractivity contribution in [1.29, 1.82) is 0 Å². The Morgan fingerprint density at radius 3 is 2.04 bits per heavy atom. The maximum Gasteiger partial charge on any atom is 0.152 e. The van der Waals surface area contributed by atoms with Gasteiger partial charge in [-0.1, -0.05) is 42.8 Å². The molecule has 0 bridgehead atoms. The fourth-order valence-corrected chi connectivity index (χ4v) is 4.52. The second kappa shape index (κ2) is 8.82. The van der Waals surface area contributed by atoms with Crippen LogP contribution in [-0.2, 0) is 21.1 Å².